The molecule has 0 saturated carbocycles. The molecule has 2 N–H and O–H groups in total. The van der Waals surface area contributed by atoms with E-state index in [1.54, 1.807) is 31.4 Å². The van der Waals surface area contributed by atoms with E-state index in [-0.39, 0.29) is 11.9 Å². The standard InChI is InChI=1S/C19H21N3O4/c1-3-22-16-9-7-13(11-15(16)21-18(24)19(22)25)17(23)20-12(2)6-8-14-5-4-10-26-14/h4-5,7,9-12H,3,6,8H2,1-2H3,(H,20,23)(H,21,24). The van der Waals surface area contributed by atoms with Crippen LogP contribution in [0.15, 0.2) is 50.6 Å². The molecular formula is C19H21N3O4. The Bertz CT molecular complexity index is 1030. The molecule has 0 spiro atoms. The molecule has 0 aliphatic heterocycles. The second-order valence-electron chi connectivity index (χ2n) is 6.23. The third-order valence-corrected chi connectivity index (χ3v) is 4.33. The number of nitrogens with zero attached hydrogens (tertiary/aromatic N) is 1. The highest BCUT2D eigenvalue weighted by molar-refractivity contribution is 5.97. The molecule has 0 bridgehead atoms. The van der Waals surface area contributed by atoms with Gasteiger partial charge in [0, 0.05) is 24.6 Å². The van der Waals surface area contributed by atoms with Crippen molar-refractivity contribution >= 4 is 16.9 Å². The Kier molecular flexibility index (Phi) is 5.06. The molecule has 26 heavy (non-hydrogen) atoms. The number of furan rings is 1. The smallest absolute Gasteiger partial charge is 0.316 e. The first-order chi connectivity index (χ1) is 12.5. The first-order valence-corrected chi connectivity index (χ1v) is 8.59. The largest absolute Gasteiger partial charge is 0.469 e. The number of hydrogen-bond acceptors (Lipinski definition) is 4. The van der Waals surface area contributed by atoms with Gasteiger partial charge in [-0.2, -0.15) is 0 Å². The molecule has 3 rings (SSSR count). The summed E-state index contributed by atoms with van der Waals surface area (Å²) in [5, 5.41) is 2.94. The zero-order chi connectivity index (χ0) is 18.7. The third kappa shape index (κ3) is 3.61. The van der Waals surface area contributed by atoms with Crippen molar-refractivity contribution in [2.24, 2.45) is 0 Å². The van der Waals surface area contributed by atoms with Gasteiger partial charge in [0.25, 0.3) is 5.91 Å². The Balaban J connectivity index is 1.77. The molecule has 0 aliphatic rings. The summed E-state index contributed by atoms with van der Waals surface area (Å²) in [6.07, 6.45) is 3.12. The lowest BCUT2D eigenvalue weighted by Crippen LogP contribution is -2.36. The van der Waals surface area contributed by atoms with Crippen LogP contribution < -0.4 is 16.4 Å². The van der Waals surface area contributed by atoms with Crippen molar-refractivity contribution in [3.63, 3.8) is 0 Å². The second kappa shape index (κ2) is 7.43. The quantitative estimate of drug-likeness (QED) is 0.661. The number of benzene rings is 1. The number of aryl methyl sites for hydroxylation is 2. The molecule has 1 atom stereocenters. The molecule has 7 nitrogen and oxygen atoms in total. The summed E-state index contributed by atoms with van der Waals surface area (Å²) in [6.45, 7) is 4.11. The van der Waals surface area contributed by atoms with Gasteiger partial charge in [0.15, 0.2) is 0 Å². The highest BCUT2D eigenvalue weighted by atomic mass is 16.3. The maximum atomic E-state index is 12.5. The zero-order valence-corrected chi connectivity index (χ0v) is 14.7. The van der Waals surface area contributed by atoms with E-state index in [0.717, 1.165) is 18.6 Å². The molecular weight excluding hydrogens is 334 g/mol. The molecule has 136 valence electrons. The third-order valence-electron chi connectivity index (χ3n) is 4.33. The van der Waals surface area contributed by atoms with E-state index >= 15 is 0 Å². The highest BCUT2D eigenvalue weighted by Gasteiger charge is 2.13. The van der Waals surface area contributed by atoms with Crippen LogP contribution in [0.2, 0.25) is 0 Å². The Hall–Kier alpha value is -3.09. The van der Waals surface area contributed by atoms with Gasteiger partial charge in [0.1, 0.15) is 5.76 Å². The Labute approximate surface area is 149 Å². The van der Waals surface area contributed by atoms with Crippen molar-refractivity contribution in [3.05, 3.63) is 68.6 Å². The lowest BCUT2D eigenvalue weighted by atomic mass is 10.1. The SMILES string of the molecule is CCn1c(=O)c(=O)[nH]c2cc(C(=O)NC(C)CCc3ccco3)ccc21. The van der Waals surface area contributed by atoms with Crippen LogP contribution in [0.1, 0.15) is 36.4 Å². The van der Waals surface area contributed by atoms with E-state index in [1.807, 2.05) is 19.1 Å². The van der Waals surface area contributed by atoms with Gasteiger partial charge in [-0.15, -0.1) is 0 Å². The van der Waals surface area contributed by atoms with Gasteiger partial charge < -0.3 is 19.3 Å². The average Bonchev–Trinajstić information content (AvgIpc) is 3.14. The number of aromatic nitrogens is 2. The summed E-state index contributed by atoms with van der Waals surface area (Å²) < 4.78 is 6.68. The monoisotopic (exact) mass is 355 g/mol. The topological polar surface area (TPSA) is 97.1 Å². The van der Waals surface area contributed by atoms with E-state index in [4.69, 9.17) is 4.42 Å². The van der Waals surface area contributed by atoms with Gasteiger partial charge >= 0.3 is 11.1 Å². The Morgan fingerprint density at radius 3 is 2.81 bits per heavy atom. The van der Waals surface area contributed by atoms with Crippen molar-refractivity contribution < 1.29 is 9.21 Å². The van der Waals surface area contributed by atoms with Crippen molar-refractivity contribution in [1.29, 1.82) is 0 Å². The lowest BCUT2D eigenvalue weighted by Gasteiger charge is -2.14. The molecule has 1 aromatic carbocycles. The van der Waals surface area contributed by atoms with Gasteiger partial charge in [0.05, 0.1) is 17.3 Å². The van der Waals surface area contributed by atoms with E-state index < -0.39 is 11.1 Å². The van der Waals surface area contributed by atoms with Gasteiger partial charge in [-0.1, -0.05) is 0 Å². The van der Waals surface area contributed by atoms with E-state index in [0.29, 0.717) is 23.1 Å². The summed E-state index contributed by atoms with van der Waals surface area (Å²) in [4.78, 5) is 38.7. The van der Waals surface area contributed by atoms with E-state index in [1.165, 1.54) is 4.57 Å². The van der Waals surface area contributed by atoms with Crippen LogP contribution >= 0.6 is 0 Å². The van der Waals surface area contributed by atoms with Gasteiger partial charge in [0.2, 0.25) is 0 Å². The maximum absolute atomic E-state index is 12.5. The lowest BCUT2D eigenvalue weighted by molar-refractivity contribution is 0.0938. The molecule has 7 heteroatoms. The number of hydrogen-bond donors (Lipinski definition) is 2. The van der Waals surface area contributed by atoms with Crippen LogP contribution in [-0.2, 0) is 13.0 Å². The van der Waals surface area contributed by atoms with Crippen molar-refractivity contribution in [3.8, 4) is 0 Å². The first kappa shape index (κ1) is 17.7. The molecule has 0 radical (unpaired) electrons. The molecule has 0 fully saturated rings. The number of H-pyrrole nitrogens is 1. The number of rotatable bonds is 6. The minimum absolute atomic E-state index is 0.0352. The summed E-state index contributed by atoms with van der Waals surface area (Å²) in [7, 11) is 0. The average molecular weight is 355 g/mol. The highest BCUT2D eigenvalue weighted by Crippen LogP contribution is 2.12. The Morgan fingerprint density at radius 1 is 1.31 bits per heavy atom. The molecule has 2 aromatic heterocycles. The summed E-state index contributed by atoms with van der Waals surface area (Å²) in [5.74, 6) is 0.654. The molecule has 0 saturated heterocycles. The zero-order valence-electron chi connectivity index (χ0n) is 14.7. The molecule has 0 aliphatic carbocycles. The van der Waals surface area contributed by atoms with Crippen LogP contribution in [-0.4, -0.2) is 21.5 Å². The summed E-state index contributed by atoms with van der Waals surface area (Å²) in [6, 6.07) is 8.63. The van der Waals surface area contributed by atoms with Crippen LogP contribution in [0.4, 0.5) is 0 Å². The van der Waals surface area contributed by atoms with Crippen LogP contribution in [0.3, 0.4) is 0 Å². The number of aromatic amines is 1. The minimum atomic E-state index is -0.691. The predicted octanol–water partition coefficient (Wildman–Crippen LogP) is 2.05. The molecule has 2 heterocycles. The summed E-state index contributed by atoms with van der Waals surface area (Å²) >= 11 is 0. The summed E-state index contributed by atoms with van der Waals surface area (Å²) in [5.41, 5.74) is 0.207. The predicted molar refractivity (Wildman–Crippen MR) is 98.5 cm³/mol. The number of nitrogens with one attached hydrogen (secondary N) is 2. The van der Waals surface area contributed by atoms with E-state index in [2.05, 4.69) is 10.3 Å². The van der Waals surface area contributed by atoms with E-state index in [9.17, 15) is 14.4 Å². The van der Waals surface area contributed by atoms with Gasteiger partial charge in [-0.25, -0.2) is 0 Å². The molecule has 3 aromatic rings. The number of carbonyl (C=O) groups excluding carboxylic acids is 1. The number of carbonyl (C=O) groups is 1. The maximum Gasteiger partial charge on any atom is 0.316 e. The fourth-order valence-electron chi connectivity index (χ4n) is 2.93. The second-order valence-corrected chi connectivity index (χ2v) is 6.23. The Morgan fingerprint density at radius 2 is 2.12 bits per heavy atom. The fraction of sp³-hybridized carbons (Fsp3) is 0.316. The molecule has 1 amide bonds. The number of fused-ring (bicyclic) bond motifs is 1. The van der Waals surface area contributed by atoms with Gasteiger partial charge in [-0.3, -0.25) is 14.4 Å². The van der Waals surface area contributed by atoms with Crippen molar-refractivity contribution in [1.82, 2.24) is 14.9 Å². The van der Waals surface area contributed by atoms with Crippen molar-refractivity contribution in [2.45, 2.75) is 39.3 Å². The van der Waals surface area contributed by atoms with Crippen LogP contribution in [0.5, 0.6) is 0 Å². The minimum Gasteiger partial charge on any atom is -0.469 e. The fourth-order valence-corrected chi connectivity index (χ4v) is 2.93. The first-order valence-electron chi connectivity index (χ1n) is 8.59. The van der Waals surface area contributed by atoms with Crippen molar-refractivity contribution in [2.75, 3.05) is 0 Å². The molecule has 1 unspecified atom stereocenters. The van der Waals surface area contributed by atoms with Crippen LogP contribution in [0, 0.1) is 0 Å². The number of amides is 1. The normalized spacial score (nSPS) is 12.2. The van der Waals surface area contributed by atoms with Crippen LogP contribution in [0.25, 0.3) is 11.0 Å². The van der Waals surface area contributed by atoms with Gasteiger partial charge in [-0.05, 0) is 50.6 Å².